The normalized spacial score (nSPS) is 10.8. The van der Waals surface area contributed by atoms with E-state index in [0.29, 0.717) is 17.0 Å². The lowest BCUT2D eigenvalue weighted by atomic mass is 9.92. The summed E-state index contributed by atoms with van der Waals surface area (Å²) < 4.78 is 0. The number of nitrogens with one attached hydrogen (secondary N) is 1. The Bertz CT molecular complexity index is 395. The number of amides is 1. The fourth-order valence-corrected chi connectivity index (χ4v) is 1.90. The van der Waals surface area contributed by atoms with Crippen LogP contribution in [0, 0.1) is 16.7 Å². The zero-order chi connectivity index (χ0) is 11.5. The van der Waals surface area contributed by atoms with Crippen LogP contribution in [0.3, 0.4) is 0 Å². The van der Waals surface area contributed by atoms with Gasteiger partial charge in [0.15, 0.2) is 0 Å². The van der Waals surface area contributed by atoms with E-state index in [1.54, 1.807) is 11.4 Å². The third kappa shape index (κ3) is 3.72. The molecule has 1 aromatic rings. The second kappa shape index (κ2) is 4.45. The molecule has 0 spiro atoms. The Labute approximate surface area is 93.7 Å². The highest BCUT2D eigenvalue weighted by Gasteiger charge is 2.17. The fraction of sp³-hybridized carbons (Fsp3) is 0.455. The molecule has 0 radical (unpaired) electrons. The Morgan fingerprint density at radius 3 is 2.80 bits per heavy atom. The third-order valence-electron chi connectivity index (χ3n) is 1.73. The van der Waals surface area contributed by atoms with Crippen molar-refractivity contribution in [3.05, 3.63) is 17.0 Å². The molecule has 1 aromatic heterocycles. The van der Waals surface area contributed by atoms with E-state index in [1.807, 2.05) is 26.8 Å². The maximum absolute atomic E-state index is 11.6. The molecule has 0 aliphatic heterocycles. The van der Waals surface area contributed by atoms with Crippen LogP contribution < -0.4 is 5.32 Å². The molecule has 15 heavy (non-hydrogen) atoms. The van der Waals surface area contributed by atoms with Crippen LogP contribution in [-0.4, -0.2) is 5.91 Å². The summed E-state index contributed by atoms with van der Waals surface area (Å²) >= 11 is 1.37. The van der Waals surface area contributed by atoms with Crippen molar-refractivity contribution in [3.8, 4) is 6.07 Å². The number of nitriles is 1. The van der Waals surface area contributed by atoms with Crippen molar-refractivity contribution in [1.82, 2.24) is 0 Å². The van der Waals surface area contributed by atoms with Gasteiger partial charge in [-0.15, -0.1) is 11.3 Å². The van der Waals surface area contributed by atoms with E-state index in [4.69, 9.17) is 5.26 Å². The van der Waals surface area contributed by atoms with E-state index in [2.05, 4.69) is 5.32 Å². The van der Waals surface area contributed by atoms with Gasteiger partial charge in [-0.2, -0.15) is 5.26 Å². The highest BCUT2D eigenvalue weighted by atomic mass is 32.1. The first kappa shape index (κ1) is 11.7. The van der Waals surface area contributed by atoms with Crippen molar-refractivity contribution in [2.75, 3.05) is 5.32 Å². The van der Waals surface area contributed by atoms with Gasteiger partial charge in [-0.1, -0.05) is 20.8 Å². The Morgan fingerprint density at radius 2 is 2.27 bits per heavy atom. The molecule has 1 amide bonds. The summed E-state index contributed by atoms with van der Waals surface area (Å²) in [5, 5.41) is 14.0. The number of carbonyl (C=O) groups excluding carboxylic acids is 1. The van der Waals surface area contributed by atoms with Gasteiger partial charge in [0.2, 0.25) is 5.91 Å². The van der Waals surface area contributed by atoms with Crippen LogP contribution in [0.4, 0.5) is 5.00 Å². The van der Waals surface area contributed by atoms with Gasteiger partial charge in [-0.3, -0.25) is 4.79 Å². The number of hydrogen-bond acceptors (Lipinski definition) is 3. The second-order valence-corrected chi connectivity index (χ2v) is 5.48. The summed E-state index contributed by atoms with van der Waals surface area (Å²) in [4.78, 5) is 11.6. The first-order valence-corrected chi connectivity index (χ1v) is 5.58. The van der Waals surface area contributed by atoms with Crippen molar-refractivity contribution in [2.24, 2.45) is 5.41 Å². The van der Waals surface area contributed by atoms with Crippen molar-refractivity contribution < 1.29 is 4.79 Å². The standard InChI is InChI=1S/C11H14N2OS/c1-11(2,3)6-9(14)13-10-8(7-12)4-5-15-10/h4-5H,6H2,1-3H3,(H,13,14). The molecule has 0 aromatic carbocycles. The van der Waals surface area contributed by atoms with Crippen LogP contribution in [0.5, 0.6) is 0 Å². The minimum atomic E-state index is -0.0403. The predicted molar refractivity (Wildman–Crippen MR) is 61.7 cm³/mol. The first-order valence-electron chi connectivity index (χ1n) is 4.70. The molecular weight excluding hydrogens is 208 g/mol. The monoisotopic (exact) mass is 222 g/mol. The Kier molecular flexibility index (Phi) is 3.48. The molecule has 0 saturated heterocycles. The zero-order valence-electron chi connectivity index (χ0n) is 9.13. The van der Waals surface area contributed by atoms with Gasteiger partial charge in [-0.05, 0) is 16.9 Å². The summed E-state index contributed by atoms with van der Waals surface area (Å²) in [7, 11) is 0. The summed E-state index contributed by atoms with van der Waals surface area (Å²) in [5.74, 6) is -0.0403. The maximum Gasteiger partial charge on any atom is 0.225 e. The fourth-order valence-electron chi connectivity index (χ4n) is 1.15. The lowest BCUT2D eigenvalue weighted by Gasteiger charge is -2.16. The summed E-state index contributed by atoms with van der Waals surface area (Å²) in [6, 6.07) is 3.75. The Balaban J connectivity index is 2.64. The molecule has 0 saturated carbocycles. The molecule has 0 fully saturated rings. The van der Waals surface area contributed by atoms with Gasteiger partial charge in [-0.25, -0.2) is 0 Å². The molecule has 1 heterocycles. The SMILES string of the molecule is CC(C)(C)CC(=O)Nc1sccc1C#N. The van der Waals surface area contributed by atoms with E-state index in [-0.39, 0.29) is 11.3 Å². The van der Waals surface area contributed by atoms with E-state index in [9.17, 15) is 4.79 Å². The third-order valence-corrected chi connectivity index (χ3v) is 2.56. The molecule has 1 rings (SSSR count). The number of hydrogen-bond donors (Lipinski definition) is 1. The summed E-state index contributed by atoms with van der Waals surface area (Å²) in [6.07, 6.45) is 0.454. The first-order chi connectivity index (χ1) is 6.92. The molecule has 1 N–H and O–H groups in total. The maximum atomic E-state index is 11.6. The van der Waals surface area contributed by atoms with Crippen molar-refractivity contribution in [2.45, 2.75) is 27.2 Å². The van der Waals surface area contributed by atoms with Crippen LogP contribution in [0.25, 0.3) is 0 Å². The molecule has 4 heteroatoms. The van der Waals surface area contributed by atoms with Gasteiger partial charge >= 0.3 is 0 Å². The van der Waals surface area contributed by atoms with E-state index in [0.717, 1.165) is 0 Å². The summed E-state index contributed by atoms with van der Waals surface area (Å²) in [5.41, 5.74) is 0.496. The van der Waals surface area contributed by atoms with E-state index >= 15 is 0 Å². The van der Waals surface area contributed by atoms with Crippen molar-refractivity contribution >= 4 is 22.2 Å². The highest BCUT2D eigenvalue weighted by Crippen LogP contribution is 2.24. The van der Waals surface area contributed by atoms with Gasteiger partial charge in [0.05, 0.1) is 5.56 Å². The molecule has 0 aliphatic rings. The molecule has 0 atom stereocenters. The van der Waals surface area contributed by atoms with Crippen LogP contribution >= 0.6 is 11.3 Å². The van der Waals surface area contributed by atoms with Crippen LogP contribution in [0.1, 0.15) is 32.8 Å². The molecule has 0 unspecified atom stereocenters. The highest BCUT2D eigenvalue weighted by molar-refractivity contribution is 7.14. The molecule has 0 bridgehead atoms. The number of nitrogens with zero attached hydrogens (tertiary/aromatic N) is 1. The Hall–Kier alpha value is -1.34. The predicted octanol–water partition coefficient (Wildman–Crippen LogP) is 2.99. The lowest BCUT2D eigenvalue weighted by molar-refractivity contribution is -0.117. The van der Waals surface area contributed by atoms with E-state index in [1.165, 1.54) is 11.3 Å². The Morgan fingerprint density at radius 1 is 1.60 bits per heavy atom. The van der Waals surface area contributed by atoms with Crippen LogP contribution in [0.15, 0.2) is 11.4 Å². The number of anilines is 1. The average Bonchev–Trinajstić information content (AvgIpc) is 2.48. The van der Waals surface area contributed by atoms with Gasteiger partial charge in [0, 0.05) is 6.42 Å². The summed E-state index contributed by atoms with van der Waals surface area (Å²) in [6.45, 7) is 6.02. The topological polar surface area (TPSA) is 52.9 Å². The van der Waals surface area contributed by atoms with Crippen LogP contribution in [-0.2, 0) is 4.79 Å². The van der Waals surface area contributed by atoms with Gasteiger partial charge in [0.1, 0.15) is 11.1 Å². The molecule has 3 nitrogen and oxygen atoms in total. The lowest BCUT2D eigenvalue weighted by Crippen LogP contribution is -2.19. The minimum absolute atomic E-state index is 0.0336. The van der Waals surface area contributed by atoms with Crippen molar-refractivity contribution in [3.63, 3.8) is 0 Å². The van der Waals surface area contributed by atoms with Gasteiger partial charge < -0.3 is 5.32 Å². The number of carbonyl (C=O) groups is 1. The number of rotatable bonds is 2. The largest absolute Gasteiger partial charge is 0.317 e. The van der Waals surface area contributed by atoms with Gasteiger partial charge in [0.25, 0.3) is 0 Å². The average molecular weight is 222 g/mol. The smallest absolute Gasteiger partial charge is 0.225 e. The van der Waals surface area contributed by atoms with E-state index < -0.39 is 0 Å². The quantitative estimate of drug-likeness (QED) is 0.836. The molecular formula is C11H14N2OS. The van der Waals surface area contributed by atoms with Crippen molar-refractivity contribution in [1.29, 1.82) is 5.26 Å². The zero-order valence-corrected chi connectivity index (χ0v) is 9.94. The molecule has 80 valence electrons. The molecule has 0 aliphatic carbocycles. The minimum Gasteiger partial charge on any atom is -0.317 e. The second-order valence-electron chi connectivity index (χ2n) is 4.56. The number of thiophene rings is 1. The van der Waals surface area contributed by atoms with Crippen LogP contribution in [0.2, 0.25) is 0 Å².